The molecule has 0 aliphatic heterocycles. The summed E-state index contributed by atoms with van der Waals surface area (Å²) in [6, 6.07) is 9.08. The Morgan fingerprint density at radius 2 is 2.17 bits per heavy atom. The summed E-state index contributed by atoms with van der Waals surface area (Å²) < 4.78 is 0.944. The molecule has 1 N–H and O–H groups in total. The van der Waals surface area contributed by atoms with E-state index in [4.69, 9.17) is 16.9 Å². The second-order valence-corrected chi connectivity index (χ2v) is 5.04. The first-order valence-electron chi connectivity index (χ1n) is 5.19. The van der Waals surface area contributed by atoms with E-state index < -0.39 is 0 Å². The zero-order valence-electron chi connectivity index (χ0n) is 9.54. The number of halogens is 2. The van der Waals surface area contributed by atoms with Crippen LogP contribution in [0, 0.1) is 18.3 Å². The molecular weight excluding hydrogens is 314 g/mol. The van der Waals surface area contributed by atoms with Gasteiger partial charge in [0.2, 0.25) is 0 Å². The molecule has 0 spiro atoms. The number of benzene rings is 1. The zero-order chi connectivity index (χ0) is 13.1. The van der Waals surface area contributed by atoms with E-state index in [1.807, 2.05) is 13.0 Å². The third-order valence-electron chi connectivity index (χ3n) is 2.41. The highest BCUT2D eigenvalue weighted by molar-refractivity contribution is 9.10. The van der Waals surface area contributed by atoms with Crippen LogP contribution < -0.4 is 5.32 Å². The van der Waals surface area contributed by atoms with Gasteiger partial charge >= 0.3 is 0 Å². The van der Waals surface area contributed by atoms with Crippen molar-refractivity contribution in [2.75, 3.05) is 5.32 Å². The van der Waals surface area contributed by atoms with Crippen LogP contribution in [0.1, 0.15) is 11.1 Å². The number of hydrogen-bond acceptors (Lipinski definition) is 3. The van der Waals surface area contributed by atoms with Gasteiger partial charge in [0.05, 0.1) is 11.3 Å². The fourth-order valence-electron chi connectivity index (χ4n) is 1.46. The maximum absolute atomic E-state index is 9.03. The first kappa shape index (κ1) is 12.9. The van der Waals surface area contributed by atoms with Crippen molar-refractivity contribution < 1.29 is 0 Å². The Labute approximate surface area is 119 Å². The van der Waals surface area contributed by atoms with E-state index in [2.05, 4.69) is 32.3 Å². The SMILES string of the molecule is Cc1cc(Nc2cc(Cl)ccc2C#N)ncc1Br. The summed E-state index contributed by atoms with van der Waals surface area (Å²) in [5, 5.41) is 12.7. The van der Waals surface area contributed by atoms with Crippen LogP contribution in [0.5, 0.6) is 0 Å². The summed E-state index contributed by atoms with van der Waals surface area (Å²) in [4.78, 5) is 4.23. The Morgan fingerprint density at radius 3 is 2.83 bits per heavy atom. The molecule has 2 aromatic rings. The minimum absolute atomic E-state index is 0.529. The van der Waals surface area contributed by atoms with Gasteiger partial charge in [-0.05, 0) is 52.7 Å². The van der Waals surface area contributed by atoms with Crippen molar-refractivity contribution in [1.29, 1.82) is 5.26 Å². The largest absolute Gasteiger partial charge is 0.339 e. The molecule has 1 heterocycles. The molecule has 0 radical (unpaired) electrons. The molecule has 1 aromatic carbocycles. The van der Waals surface area contributed by atoms with Crippen molar-refractivity contribution in [3.05, 3.63) is 51.1 Å². The van der Waals surface area contributed by atoms with Gasteiger partial charge in [-0.3, -0.25) is 0 Å². The monoisotopic (exact) mass is 321 g/mol. The standard InChI is InChI=1S/C13H9BrClN3/c1-8-4-13(17-7-11(8)14)18-12-5-10(15)3-2-9(12)6-16/h2-5,7H,1H3,(H,17,18). The molecule has 0 saturated heterocycles. The third-order valence-corrected chi connectivity index (χ3v) is 3.48. The number of aromatic nitrogens is 1. The van der Waals surface area contributed by atoms with E-state index >= 15 is 0 Å². The molecule has 0 aliphatic carbocycles. The fraction of sp³-hybridized carbons (Fsp3) is 0.0769. The Kier molecular flexibility index (Phi) is 3.85. The number of nitrogens with one attached hydrogen (secondary N) is 1. The molecule has 90 valence electrons. The van der Waals surface area contributed by atoms with Crippen LogP contribution in [-0.4, -0.2) is 4.98 Å². The number of anilines is 2. The van der Waals surface area contributed by atoms with Gasteiger partial charge in [0, 0.05) is 15.7 Å². The van der Waals surface area contributed by atoms with E-state index in [1.54, 1.807) is 24.4 Å². The molecule has 5 heteroatoms. The van der Waals surface area contributed by atoms with Gasteiger partial charge in [-0.25, -0.2) is 4.98 Å². The topological polar surface area (TPSA) is 48.7 Å². The summed E-state index contributed by atoms with van der Waals surface area (Å²) in [7, 11) is 0. The molecule has 0 unspecified atom stereocenters. The molecule has 0 saturated carbocycles. The van der Waals surface area contributed by atoms with Gasteiger partial charge in [0.1, 0.15) is 11.9 Å². The lowest BCUT2D eigenvalue weighted by molar-refractivity contribution is 1.25. The minimum Gasteiger partial charge on any atom is -0.339 e. The van der Waals surface area contributed by atoms with Crippen molar-refractivity contribution in [1.82, 2.24) is 4.98 Å². The maximum Gasteiger partial charge on any atom is 0.130 e. The van der Waals surface area contributed by atoms with Gasteiger partial charge in [0.15, 0.2) is 0 Å². The Morgan fingerprint density at radius 1 is 1.39 bits per heavy atom. The number of aryl methyl sites for hydroxylation is 1. The number of rotatable bonds is 2. The van der Waals surface area contributed by atoms with Crippen molar-refractivity contribution in [3.8, 4) is 6.07 Å². The Balaban J connectivity index is 2.36. The van der Waals surface area contributed by atoms with E-state index in [0.29, 0.717) is 22.1 Å². The minimum atomic E-state index is 0.529. The number of hydrogen-bond donors (Lipinski definition) is 1. The molecule has 0 aliphatic rings. The molecule has 2 rings (SSSR count). The zero-order valence-corrected chi connectivity index (χ0v) is 11.9. The molecule has 0 atom stereocenters. The van der Waals surface area contributed by atoms with Crippen molar-refractivity contribution in [2.24, 2.45) is 0 Å². The molecule has 3 nitrogen and oxygen atoms in total. The average Bonchev–Trinajstić information content (AvgIpc) is 2.34. The smallest absolute Gasteiger partial charge is 0.130 e. The van der Waals surface area contributed by atoms with Crippen LogP contribution in [0.15, 0.2) is 34.9 Å². The van der Waals surface area contributed by atoms with Gasteiger partial charge in [-0.1, -0.05) is 11.6 Å². The van der Waals surface area contributed by atoms with Gasteiger partial charge in [-0.15, -0.1) is 0 Å². The summed E-state index contributed by atoms with van der Waals surface area (Å²) in [5.74, 6) is 0.675. The normalized spacial score (nSPS) is 9.89. The molecular formula is C13H9BrClN3. The lowest BCUT2D eigenvalue weighted by Crippen LogP contribution is -1.96. The van der Waals surface area contributed by atoms with E-state index in [0.717, 1.165) is 10.0 Å². The third kappa shape index (κ3) is 2.81. The van der Waals surface area contributed by atoms with E-state index in [9.17, 15) is 0 Å². The lowest BCUT2D eigenvalue weighted by Gasteiger charge is -2.09. The highest BCUT2D eigenvalue weighted by atomic mass is 79.9. The second-order valence-electron chi connectivity index (χ2n) is 3.75. The summed E-state index contributed by atoms with van der Waals surface area (Å²) in [5.41, 5.74) is 2.24. The highest BCUT2D eigenvalue weighted by Crippen LogP contribution is 2.25. The molecule has 0 amide bonds. The molecule has 0 fully saturated rings. The Bertz CT molecular complexity index is 635. The quantitative estimate of drug-likeness (QED) is 0.890. The summed E-state index contributed by atoms with van der Waals surface area (Å²) in [6.07, 6.45) is 1.72. The van der Waals surface area contributed by atoms with E-state index in [-0.39, 0.29) is 0 Å². The summed E-state index contributed by atoms with van der Waals surface area (Å²) >= 11 is 9.31. The molecule has 18 heavy (non-hydrogen) atoms. The van der Waals surface area contributed by atoms with Crippen LogP contribution in [-0.2, 0) is 0 Å². The maximum atomic E-state index is 9.03. The first-order chi connectivity index (χ1) is 8.60. The van der Waals surface area contributed by atoms with Gasteiger partial charge in [0.25, 0.3) is 0 Å². The van der Waals surface area contributed by atoms with Crippen molar-refractivity contribution in [2.45, 2.75) is 6.92 Å². The van der Waals surface area contributed by atoms with Crippen molar-refractivity contribution in [3.63, 3.8) is 0 Å². The van der Waals surface area contributed by atoms with Crippen LogP contribution in [0.25, 0.3) is 0 Å². The Hall–Kier alpha value is -1.57. The second kappa shape index (κ2) is 5.38. The van der Waals surface area contributed by atoms with Crippen molar-refractivity contribution >= 4 is 39.0 Å². The van der Waals surface area contributed by atoms with Crippen LogP contribution >= 0.6 is 27.5 Å². The van der Waals surface area contributed by atoms with Crippen LogP contribution in [0.3, 0.4) is 0 Å². The lowest BCUT2D eigenvalue weighted by atomic mass is 10.2. The number of nitrogens with zero attached hydrogens (tertiary/aromatic N) is 2. The van der Waals surface area contributed by atoms with Crippen LogP contribution in [0.4, 0.5) is 11.5 Å². The fourth-order valence-corrected chi connectivity index (χ4v) is 1.85. The van der Waals surface area contributed by atoms with Gasteiger partial charge in [-0.2, -0.15) is 5.26 Å². The molecule has 0 bridgehead atoms. The van der Waals surface area contributed by atoms with E-state index in [1.165, 1.54) is 0 Å². The number of pyridine rings is 1. The van der Waals surface area contributed by atoms with Crippen LogP contribution in [0.2, 0.25) is 5.02 Å². The predicted molar refractivity (Wildman–Crippen MR) is 76.1 cm³/mol. The highest BCUT2D eigenvalue weighted by Gasteiger charge is 2.05. The number of nitriles is 1. The molecule has 1 aromatic heterocycles. The first-order valence-corrected chi connectivity index (χ1v) is 6.36. The predicted octanol–water partition coefficient (Wildman–Crippen LogP) is 4.42. The average molecular weight is 323 g/mol. The summed E-state index contributed by atoms with van der Waals surface area (Å²) in [6.45, 7) is 1.97. The van der Waals surface area contributed by atoms with Gasteiger partial charge < -0.3 is 5.32 Å².